The van der Waals surface area contributed by atoms with Crippen LogP contribution in [0.25, 0.3) is 0 Å². The average molecular weight is 272 g/mol. The van der Waals surface area contributed by atoms with Gasteiger partial charge in [0, 0.05) is 11.9 Å². The van der Waals surface area contributed by atoms with Gasteiger partial charge in [-0.05, 0) is 51.2 Å². The van der Waals surface area contributed by atoms with Crippen molar-refractivity contribution in [2.75, 3.05) is 5.32 Å². The van der Waals surface area contributed by atoms with E-state index in [2.05, 4.69) is 23.6 Å². The van der Waals surface area contributed by atoms with Crippen molar-refractivity contribution in [3.63, 3.8) is 0 Å². The molecule has 0 bridgehead atoms. The second-order valence-corrected chi connectivity index (χ2v) is 5.79. The van der Waals surface area contributed by atoms with Crippen LogP contribution in [0.1, 0.15) is 43.7 Å². The van der Waals surface area contributed by atoms with Gasteiger partial charge in [-0.2, -0.15) is 0 Å². The Hall–Kier alpha value is -1.77. The first-order chi connectivity index (χ1) is 9.56. The highest BCUT2D eigenvalue weighted by molar-refractivity contribution is 5.90. The van der Waals surface area contributed by atoms with Crippen molar-refractivity contribution in [3.05, 3.63) is 41.1 Å². The molecule has 0 unspecified atom stereocenters. The quantitative estimate of drug-likeness (QED) is 0.834. The van der Waals surface area contributed by atoms with Crippen LogP contribution in [0.2, 0.25) is 0 Å². The summed E-state index contributed by atoms with van der Waals surface area (Å²) in [6.07, 6.45) is 6.98. The Bertz CT molecular complexity index is 514. The lowest BCUT2D eigenvalue weighted by Gasteiger charge is -2.11. The van der Waals surface area contributed by atoms with E-state index in [0.717, 1.165) is 11.3 Å². The number of urea groups is 1. The molecular weight excluding hydrogens is 248 g/mol. The molecule has 0 heterocycles. The molecule has 0 radical (unpaired) electrons. The highest BCUT2D eigenvalue weighted by Crippen LogP contribution is 2.30. The summed E-state index contributed by atoms with van der Waals surface area (Å²) in [6, 6.07) is 5.84. The number of amides is 2. The first-order valence-corrected chi connectivity index (χ1v) is 7.37. The van der Waals surface area contributed by atoms with Crippen molar-refractivity contribution in [3.8, 4) is 0 Å². The van der Waals surface area contributed by atoms with Crippen molar-refractivity contribution in [1.82, 2.24) is 5.32 Å². The maximum Gasteiger partial charge on any atom is 0.323 e. The Morgan fingerprint density at radius 3 is 2.60 bits per heavy atom. The summed E-state index contributed by atoms with van der Waals surface area (Å²) >= 11 is 0. The zero-order chi connectivity index (χ0) is 14.5. The van der Waals surface area contributed by atoms with Gasteiger partial charge in [0.05, 0.1) is 0 Å². The van der Waals surface area contributed by atoms with Crippen molar-refractivity contribution >= 4 is 11.7 Å². The fourth-order valence-electron chi connectivity index (χ4n) is 2.79. The minimum atomic E-state index is -0.172. The fraction of sp³-hybridized carbons (Fsp3) is 0.471. The van der Waals surface area contributed by atoms with Crippen LogP contribution in [0.3, 0.4) is 0 Å². The van der Waals surface area contributed by atoms with Crippen molar-refractivity contribution in [2.45, 2.75) is 46.5 Å². The summed E-state index contributed by atoms with van der Waals surface area (Å²) in [6.45, 7) is 6.15. The highest BCUT2D eigenvalue weighted by atomic mass is 16.2. The number of nitrogens with one attached hydrogen (secondary N) is 2. The summed E-state index contributed by atoms with van der Waals surface area (Å²) in [7, 11) is 0. The van der Waals surface area contributed by atoms with Gasteiger partial charge in [-0.1, -0.05) is 36.1 Å². The number of aryl methyl sites for hydroxylation is 2. The summed E-state index contributed by atoms with van der Waals surface area (Å²) < 4.78 is 0. The molecule has 2 amide bonds. The molecule has 0 saturated heterocycles. The predicted octanol–water partition coefficient (Wildman–Crippen LogP) is 4.52. The number of allylic oxidation sites excluding steroid dienone is 1. The molecule has 3 heteroatoms. The van der Waals surface area contributed by atoms with Crippen LogP contribution in [0.5, 0.6) is 0 Å². The molecule has 20 heavy (non-hydrogen) atoms. The molecule has 1 saturated carbocycles. The summed E-state index contributed by atoms with van der Waals surface area (Å²) in [5, 5.41) is 5.73. The zero-order valence-electron chi connectivity index (χ0n) is 12.6. The lowest BCUT2D eigenvalue weighted by atomic mass is 10.0. The Morgan fingerprint density at radius 1 is 1.25 bits per heavy atom. The summed E-state index contributed by atoms with van der Waals surface area (Å²) in [5.74, 6) is 0.649. The Balaban J connectivity index is 1.90. The second-order valence-electron chi connectivity index (χ2n) is 5.79. The molecule has 2 N–H and O–H groups in total. The molecule has 0 spiro atoms. The van der Waals surface area contributed by atoms with E-state index in [-0.39, 0.29) is 6.03 Å². The average Bonchev–Trinajstić information content (AvgIpc) is 2.93. The Labute approximate surface area is 121 Å². The maximum atomic E-state index is 11.9. The molecule has 3 nitrogen and oxygen atoms in total. The van der Waals surface area contributed by atoms with Gasteiger partial charge in [-0.3, -0.25) is 0 Å². The predicted molar refractivity (Wildman–Crippen MR) is 83.8 cm³/mol. The summed E-state index contributed by atoms with van der Waals surface area (Å²) in [5.41, 5.74) is 4.42. The van der Waals surface area contributed by atoms with Gasteiger partial charge < -0.3 is 10.6 Å². The first-order valence-electron chi connectivity index (χ1n) is 7.37. The van der Waals surface area contributed by atoms with Crippen molar-refractivity contribution in [1.29, 1.82) is 0 Å². The van der Waals surface area contributed by atoms with E-state index in [1.54, 1.807) is 0 Å². The fourth-order valence-corrected chi connectivity index (χ4v) is 2.79. The van der Waals surface area contributed by atoms with E-state index in [1.807, 2.05) is 32.2 Å². The van der Waals surface area contributed by atoms with E-state index < -0.39 is 0 Å². The molecule has 2 rings (SSSR count). The van der Waals surface area contributed by atoms with Gasteiger partial charge >= 0.3 is 6.03 Å². The standard InChI is InChI=1S/C17H24N2O/c1-12-8-9-16(13(2)10-12)19-17(20)18-11-14(3)15-6-4-5-7-15/h8-11,15H,4-7H2,1-3H3,(H2,18,19,20)/b14-11+. The second kappa shape index (κ2) is 6.60. The first kappa shape index (κ1) is 14.6. The molecule has 0 atom stereocenters. The topological polar surface area (TPSA) is 41.1 Å². The lowest BCUT2D eigenvalue weighted by molar-refractivity contribution is 0.255. The highest BCUT2D eigenvalue weighted by Gasteiger charge is 2.16. The van der Waals surface area contributed by atoms with Crippen LogP contribution in [0.4, 0.5) is 10.5 Å². The molecule has 1 aromatic carbocycles. The van der Waals surface area contributed by atoms with E-state index in [1.165, 1.54) is 36.8 Å². The van der Waals surface area contributed by atoms with Gasteiger partial charge in [0.25, 0.3) is 0 Å². The Morgan fingerprint density at radius 2 is 1.95 bits per heavy atom. The Kier molecular flexibility index (Phi) is 4.83. The molecule has 108 valence electrons. The van der Waals surface area contributed by atoms with Crippen LogP contribution in [0.15, 0.2) is 30.0 Å². The number of benzene rings is 1. The van der Waals surface area contributed by atoms with Crippen LogP contribution >= 0.6 is 0 Å². The lowest BCUT2D eigenvalue weighted by Crippen LogP contribution is -2.25. The smallest absolute Gasteiger partial charge is 0.314 e. The minimum absolute atomic E-state index is 0.172. The number of hydrogen-bond acceptors (Lipinski definition) is 1. The molecular formula is C17H24N2O. The van der Waals surface area contributed by atoms with E-state index in [4.69, 9.17) is 0 Å². The SMILES string of the molecule is C/C(=C\NC(=O)Nc1ccc(C)cc1C)C1CCCC1. The number of rotatable bonds is 3. The van der Waals surface area contributed by atoms with Gasteiger partial charge in [-0.15, -0.1) is 0 Å². The van der Waals surface area contributed by atoms with Gasteiger partial charge in [0.15, 0.2) is 0 Å². The van der Waals surface area contributed by atoms with E-state index >= 15 is 0 Å². The van der Waals surface area contributed by atoms with Crippen molar-refractivity contribution < 1.29 is 4.79 Å². The third-order valence-corrected chi connectivity index (χ3v) is 4.06. The van der Waals surface area contributed by atoms with Crippen LogP contribution in [0, 0.1) is 19.8 Å². The van der Waals surface area contributed by atoms with Crippen molar-refractivity contribution in [2.24, 2.45) is 5.92 Å². The number of hydrogen-bond donors (Lipinski definition) is 2. The normalized spacial score (nSPS) is 16.2. The number of anilines is 1. The number of carbonyl (C=O) groups is 1. The van der Waals surface area contributed by atoms with E-state index in [9.17, 15) is 4.79 Å². The molecule has 1 aliphatic rings. The monoisotopic (exact) mass is 272 g/mol. The third kappa shape index (κ3) is 3.86. The number of carbonyl (C=O) groups excluding carboxylic acids is 1. The minimum Gasteiger partial charge on any atom is -0.314 e. The summed E-state index contributed by atoms with van der Waals surface area (Å²) in [4.78, 5) is 11.9. The van der Waals surface area contributed by atoms with Crippen LogP contribution in [-0.2, 0) is 0 Å². The molecule has 1 aromatic rings. The molecule has 1 fully saturated rings. The van der Waals surface area contributed by atoms with Gasteiger partial charge in [0.1, 0.15) is 0 Å². The van der Waals surface area contributed by atoms with Gasteiger partial charge in [0.2, 0.25) is 0 Å². The molecule has 0 aromatic heterocycles. The maximum absolute atomic E-state index is 11.9. The van der Waals surface area contributed by atoms with Crippen LogP contribution < -0.4 is 10.6 Å². The third-order valence-electron chi connectivity index (χ3n) is 4.06. The molecule has 0 aliphatic heterocycles. The largest absolute Gasteiger partial charge is 0.323 e. The molecule has 1 aliphatic carbocycles. The van der Waals surface area contributed by atoms with E-state index in [0.29, 0.717) is 5.92 Å². The zero-order valence-corrected chi connectivity index (χ0v) is 12.6. The van der Waals surface area contributed by atoms with Gasteiger partial charge in [-0.25, -0.2) is 4.79 Å². The van der Waals surface area contributed by atoms with Crippen LogP contribution in [-0.4, -0.2) is 6.03 Å².